The van der Waals surface area contributed by atoms with Crippen LogP contribution in [-0.4, -0.2) is 21.9 Å². The van der Waals surface area contributed by atoms with Gasteiger partial charge in [-0.05, 0) is 30.8 Å². The van der Waals surface area contributed by atoms with Gasteiger partial charge in [-0.2, -0.15) is 0 Å². The number of benzene rings is 1. The van der Waals surface area contributed by atoms with Crippen molar-refractivity contribution in [3.05, 3.63) is 64.7 Å². The van der Waals surface area contributed by atoms with E-state index in [2.05, 4.69) is 31.5 Å². The molecule has 0 amide bonds. The van der Waals surface area contributed by atoms with Gasteiger partial charge in [-0.15, -0.1) is 23.5 Å². The number of nitrogens with zero attached hydrogens (tertiary/aromatic N) is 1. The predicted octanol–water partition coefficient (Wildman–Crippen LogP) is 10.9. The van der Waals surface area contributed by atoms with Crippen LogP contribution in [0.25, 0.3) is 0 Å². The molecule has 0 bridgehead atoms. The summed E-state index contributed by atoms with van der Waals surface area (Å²) >= 11 is 11.7. The van der Waals surface area contributed by atoms with Crippen LogP contribution >= 0.6 is 70.6 Å². The number of hydrogen-bond donors (Lipinski definition) is 0. The molecule has 0 saturated heterocycles. The van der Waals surface area contributed by atoms with Gasteiger partial charge < -0.3 is 4.57 Å². The molecule has 0 spiro atoms. The molecule has 2 aliphatic rings. The van der Waals surface area contributed by atoms with Gasteiger partial charge in [0.2, 0.25) is 5.78 Å². The lowest BCUT2D eigenvalue weighted by atomic mass is 10.1. The summed E-state index contributed by atoms with van der Waals surface area (Å²) in [6.07, 6.45) is 11.0. The lowest BCUT2D eigenvalue weighted by Gasteiger charge is -2.10. The van der Waals surface area contributed by atoms with Gasteiger partial charge in [0, 0.05) is 23.2 Å². The number of rotatable bonds is 14. The maximum absolute atomic E-state index is 13.6. The first kappa shape index (κ1) is 28.8. The van der Waals surface area contributed by atoms with Crippen molar-refractivity contribution in [1.29, 1.82) is 0 Å². The summed E-state index contributed by atoms with van der Waals surface area (Å²) in [5, 5.41) is 0. The van der Waals surface area contributed by atoms with E-state index in [4.69, 9.17) is 0 Å². The van der Waals surface area contributed by atoms with Crippen LogP contribution in [0.4, 0.5) is 0 Å². The maximum atomic E-state index is 13.6. The molecule has 0 aliphatic carbocycles. The molecule has 8 heteroatoms. The number of carbonyl (C=O) groups excluding carboxylic acids is 1. The van der Waals surface area contributed by atoms with E-state index in [0.717, 1.165) is 29.1 Å². The monoisotopic (exact) mass is 593 g/mol. The van der Waals surface area contributed by atoms with E-state index in [1.807, 2.05) is 101 Å². The van der Waals surface area contributed by atoms with Gasteiger partial charge in [0.15, 0.2) is 0 Å². The van der Waals surface area contributed by atoms with Gasteiger partial charge in [0.1, 0.15) is 5.69 Å². The molecule has 0 N–H and O–H groups in total. The van der Waals surface area contributed by atoms with E-state index in [-0.39, 0.29) is 5.78 Å². The van der Waals surface area contributed by atoms with Crippen LogP contribution in [0.15, 0.2) is 63.3 Å². The molecule has 1 aromatic carbocycles. The van der Waals surface area contributed by atoms with Gasteiger partial charge in [-0.1, -0.05) is 124 Å². The Balaban J connectivity index is 1.53. The number of aromatic nitrogens is 1. The van der Waals surface area contributed by atoms with E-state index < -0.39 is 0 Å². The fourth-order valence-corrected chi connectivity index (χ4v) is 12.9. The van der Waals surface area contributed by atoms with Crippen molar-refractivity contribution in [3.63, 3.8) is 0 Å². The largest absolute Gasteiger partial charge is 0.343 e. The highest BCUT2D eigenvalue weighted by Gasteiger charge is 2.33. The third-order valence-electron chi connectivity index (χ3n) is 5.78. The van der Waals surface area contributed by atoms with Crippen LogP contribution in [0.5, 0.6) is 0 Å². The molecule has 0 radical (unpaired) electrons. The molecule has 0 atom stereocenters. The summed E-state index contributed by atoms with van der Waals surface area (Å²) in [7, 11) is 0. The lowest BCUT2D eigenvalue weighted by Crippen LogP contribution is -2.10. The predicted molar refractivity (Wildman–Crippen MR) is 170 cm³/mol. The van der Waals surface area contributed by atoms with Crippen molar-refractivity contribution in [2.75, 3.05) is 11.5 Å². The highest BCUT2D eigenvalue weighted by Crippen LogP contribution is 2.65. The van der Waals surface area contributed by atoms with Crippen molar-refractivity contribution in [1.82, 2.24) is 4.57 Å². The fraction of sp³-hybridized carbons (Fsp3) is 0.464. The van der Waals surface area contributed by atoms with E-state index >= 15 is 0 Å². The Labute approximate surface area is 242 Å². The van der Waals surface area contributed by atoms with Crippen LogP contribution in [0.1, 0.15) is 81.8 Å². The van der Waals surface area contributed by atoms with Crippen LogP contribution in [-0.2, 0) is 6.54 Å². The Bertz CT molecular complexity index is 1080. The number of thioether (sulfide) groups is 6. The molecule has 4 rings (SSSR count). The van der Waals surface area contributed by atoms with Crippen LogP contribution in [0.3, 0.4) is 0 Å². The number of fused-ring (bicyclic) bond motifs is 1. The standard InChI is InChI=1S/C28H35NOS6/c1-4-7-12-17-31-25-26(32-18-13-8-5-2)36-28(35-25)27-33-21-19-29(16-6-3)22(24(21)34-27)23(30)20-14-10-9-11-15-20/h9-11,14-15,19H,4-8,12-13,16-18H2,1-3H3. The zero-order chi connectivity index (χ0) is 25.3. The third-order valence-corrected chi connectivity index (χ3v) is 14.6. The minimum Gasteiger partial charge on any atom is -0.343 e. The molecule has 2 aromatic rings. The van der Waals surface area contributed by atoms with Crippen LogP contribution < -0.4 is 0 Å². The zero-order valence-electron chi connectivity index (χ0n) is 21.3. The van der Waals surface area contributed by atoms with Gasteiger partial charge in [0.05, 0.1) is 21.8 Å². The Morgan fingerprint density at radius 3 is 1.97 bits per heavy atom. The fourth-order valence-electron chi connectivity index (χ4n) is 3.92. The number of aryl methyl sites for hydroxylation is 1. The summed E-state index contributed by atoms with van der Waals surface area (Å²) < 4.78 is 7.91. The van der Waals surface area contributed by atoms with E-state index in [1.165, 1.54) is 71.9 Å². The van der Waals surface area contributed by atoms with Crippen molar-refractivity contribution in [2.24, 2.45) is 0 Å². The minimum atomic E-state index is 0.133. The number of ketones is 1. The van der Waals surface area contributed by atoms with Crippen molar-refractivity contribution >= 4 is 76.4 Å². The summed E-state index contributed by atoms with van der Waals surface area (Å²) in [5.74, 6) is 2.54. The van der Waals surface area contributed by atoms with E-state index in [1.54, 1.807) is 0 Å². The molecule has 2 nitrogen and oxygen atoms in total. The summed E-state index contributed by atoms with van der Waals surface area (Å²) in [6.45, 7) is 7.59. The average molecular weight is 594 g/mol. The lowest BCUT2D eigenvalue weighted by molar-refractivity contribution is 0.102. The SMILES string of the molecule is CCCCCSC1=C(SCCCCC)SC(=C2Sc3cn(CCC)c(C(=O)c4ccccc4)c3S2)S1. The quantitative estimate of drug-likeness (QED) is 0.158. The van der Waals surface area contributed by atoms with Crippen molar-refractivity contribution < 1.29 is 4.79 Å². The smallest absolute Gasteiger partial charge is 0.210 e. The topological polar surface area (TPSA) is 22.0 Å². The Morgan fingerprint density at radius 2 is 1.39 bits per heavy atom. The second kappa shape index (κ2) is 14.8. The molecule has 0 saturated carbocycles. The number of unbranched alkanes of at least 4 members (excludes halogenated alkanes) is 4. The average Bonchev–Trinajstić information content (AvgIpc) is 3.57. The van der Waals surface area contributed by atoms with Gasteiger partial charge in [-0.3, -0.25) is 4.79 Å². The molecule has 194 valence electrons. The minimum absolute atomic E-state index is 0.133. The molecular weight excluding hydrogens is 559 g/mol. The van der Waals surface area contributed by atoms with Gasteiger partial charge in [-0.25, -0.2) is 0 Å². The number of hydrogen-bond acceptors (Lipinski definition) is 7. The molecular formula is C28H35NOS6. The second-order valence-electron chi connectivity index (χ2n) is 8.73. The molecule has 0 fully saturated rings. The molecule has 3 heterocycles. The summed E-state index contributed by atoms with van der Waals surface area (Å²) in [4.78, 5) is 15.9. The Hall–Kier alpha value is -0.250. The van der Waals surface area contributed by atoms with E-state index in [0.29, 0.717) is 0 Å². The highest BCUT2D eigenvalue weighted by molar-refractivity contribution is 8.42. The van der Waals surface area contributed by atoms with E-state index in [9.17, 15) is 4.79 Å². The summed E-state index contributed by atoms with van der Waals surface area (Å²) in [6, 6.07) is 9.73. The second-order valence-corrected chi connectivity index (χ2v) is 16.1. The maximum Gasteiger partial charge on any atom is 0.210 e. The zero-order valence-corrected chi connectivity index (χ0v) is 26.2. The first-order valence-corrected chi connectivity index (χ1v) is 18.2. The van der Waals surface area contributed by atoms with Crippen LogP contribution in [0.2, 0.25) is 0 Å². The van der Waals surface area contributed by atoms with Gasteiger partial charge in [0.25, 0.3) is 0 Å². The first-order chi connectivity index (χ1) is 17.7. The Kier molecular flexibility index (Phi) is 11.8. The molecule has 1 aromatic heterocycles. The third kappa shape index (κ3) is 7.23. The van der Waals surface area contributed by atoms with Gasteiger partial charge >= 0.3 is 0 Å². The van der Waals surface area contributed by atoms with Crippen molar-refractivity contribution in [2.45, 2.75) is 82.1 Å². The normalized spacial score (nSPS) is 15.3. The molecule has 2 aliphatic heterocycles. The van der Waals surface area contributed by atoms with Crippen molar-refractivity contribution in [3.8, 4) is 0 Å². The molecule has 0 unspecified atom stereocenters. The highest BCUT2D eigenvalue weighted by atomic mass is 32.3. The molecule has 36 heavy (non-hydrogen) atoms. The number of carbonyl (C=O) groups is 1. The van der Waals surface area contributed by atoms with Crippen LogP contribution in [0, 0.1) is 0 Å². The summed E-state index contributed by atoms with van der Waals surface area (Å²) in [5.41, 5.74) is 1.63. The Morgan fingerprint density at radius 1 is 0.778 bits per heavy atom. The first-order valence-electron chi connectivity index (χ1n) is 12.9.